The van der Waals surface area contributed by atoms with Crippen LogP contribution in [-0.4, -0.2) is 76.9 Å². The molecule has 0 bridgehead atoms. The van der Waals surface area contributed by atoms with Gasteiger partial charge in [0.05, 0.1) is 26.7 Å². The Morgan fingerprint density at radius 2 is 0.915 bits per heavy atom. The predicted octanol–water partition coefficient (Wildman–Crippen LogP) is 17.0. The number of nitrogens with two attached hydrogens (primary N) is 1. The number of carboxylic acid groups (broad SMARTS) is 3. The Bertz CT molecular complexity index is 6570. The molecule has 1 aliphatic carbocycles. The normalized spacial score (nSPS) is 11.8. The SMILES string of the molecule is C.C=c1ccc2c(c1)Oc1cc(O)ccc1C=2c1cc(C(C)(C)C)ccc1C(=O)O.C=c1ccc2c(c1)Oc1cc(O)ccc1C=2c1cc(NC(=S)C(C)(C)C)ccc1C(=O)O.CC(C)(C)C(=S)Nc1ccc(-c2c3ccc(=O)cc-3oc3cc(O)ccc23)c(C(=O)O)c1.Cc1c(CC(=O)C(C)(C)C)c(=O)oc2cc(N)ccc12.O=S(=O)=O. The maximum absolute atomic E-state index is 12.2. The standard InChI is InChI=1S/C26H23NO4S.C25H21NO5S.C25H22O4.C16H19NO3.CH4.O3S/c1-14-5-8-18-21(11-14)31-22-13-16(28)7-10-19(22)23(18)20-12-15(6-9-17(20)24(29)30)27-25(32)26(2,3)4;1-25(2,3)24(32)26-13-4-7-16(19(10-13)23(29)30)22-17-8-5-14(27)11-20(17)31-21-12-15(28)6-9-18(21)22;1-14-5-8-18-21(11-14)29-22-13-16(26)7-10-19(22)23(18)20-12-15(25(2,3)4)6-9-17(20)24(27)28;1-9-11-6-5-10(17)7-13(11)20-15(19)12(9)8-14(18)16(2,3)4;;1-4(2)3/h5-13,28H,1H2,2-4H3,(H,27,32)(H,29,30);4-12,27H,1-3H3,(H,26,32)(H,29,30);5-13,26H,1H2,2-4H3,(H,27,28);5-7H,8,17H2,1-4H3;1H4;. The fraction of sp³-hybridized carbons (Fsp3) is 0.204. The molecule has 4 aliphatic rings. The third-order valence-electron chi connectivity index (χ3n) is 19.0. The first-order valence-electron chi connectivity index (χ1n) is 36.4. The molecule has 4 heterocycles. The largest absolute Gasteiger partial charge is 0.508 e. The van der Waals surface area contributed by atoms with Gasteiger partial charge in [-0.1, -0.05) is 165 Å². The number of carbonyl (C=O) groups excluding carboxylic acids is 1. The summed E-state index contributed by atoms with van der Waals surface area (Å²) >= 11 is 11.0. The van der Waals surface area contributed by atoms with Crippen LogP contribution in [-0.2, 0) is 27.2 Å². The zero-order valence-electron chi connectivity index (χ0n) is 66.2. The topological polar surface area (TPSA) is 370 Å². The molecule has 0 amide bonds. The number of ether oxygens (including phenoxy) is 2. The fourth-order valence-electron chi connectivity index (χ4n) is 12.7. The van der Waals surface area contributed by atoms with Gasteiger partial charge >= 0.3 is 34.1 Å². The van der Waals surface area contributed by atoms with Gasteiger partial charge in [-0.15, -0.1) is 12.6 Å². The number of phenolic OH excluding ortho intramolecular Hbond substituents is 3. The lowest BCUT2D eigenvalue weighted by atomic mass is 9.82. The first-order valence-corrected chi connectivity index (χ1v) is 38.3. The fourth-order valence-corrected chi connectivity index (χ4v) is 12.9. The molecular weight excluding hydrogens is 1560 g/mol. The molecular formula is C93H89N3O19S3. The van der Waals surface area contributed by atoms with E-state index in [9.17, 15) is 59.4 Å². The number of nitrogens with one attached hydrogen (secondary N) is 2. The third kappa shape index (κ3) is 20.3. The average Bonchev–Trinajstić information content (AvgIpc) is 0.756. The minimum absolute atomic E-state index is 0. The molecule has 0 atom stereocenters. The van der Waals surface area contributed by atoms with Crippen LogP contribution < -0.4 is 57.8 Å². The molecule has 3 aliphatic heterocycles. The number of carbonyl (C=O) groups is 4. The number of carboxylic acids is 3. The molecule has 1 aromatic heterocycles. The number of fused-ring (bicyclic) bond motifs is 7. The summed E-state index contributed by atoms with van der Waals surface area (Å²) in [5.41, 5.74) is 14.8. The van der Waals surface area contributed by atoms with E-state index in [2.05, 4.69) is 44.6 Å². The highest BCUT2D eigenvalue weighted by Gasteiger charge is 2.31. The molecule has 608 valence electrons. The van der Waals surface area contributed by atoms with Gasteiger partial charge < -0.3 is 65.3 Å². The van der Waals surface area contributed by atoms with Crippen molar-refractivity contribution in [3.63, 3.8) is 0 Å². The molecule has 14 rings (SSSR count). The Morgan fingerprint density at radius 1 is 0.466 bits per heavy atom. The molecule has 10 N–H and O–H groups in total. The summed E-state index contributed by atoms with van der Waals surface area (Å²) in [5.74, 6) is -0.621. The van der Waals surface area contributed by atoms with Gasteiger partial charge in [0.15, 0.2) is 5.43 Å². The summed E-state index contributed by atoms with van der Waals surface area (Å²) in [6.45, 7) is 33.5. The number of thiocarbonyl (C=S) groups is 2. The molecule has 0 radical (unpaired) electrons. The second-order valence-electron chi connectivity index (χ2n) is 31.9. The number of benzene rings is 10. The van der Waals surface area contributed by atoms with Crippen LogP contribution in [0.15, 0.2) is 200 Å². The molecule has 118 heavy (non-hydrogen) atoms. The van der Waals surface area contributed by atoms with Gasteiger partial charge in [-0.05, 0) is 166 Å². The van der Waals surface area contributed by atoms with E-state index in [0.29, 0.717) is 117 Å². The van der Waals surface area contributed by atoms with Crippen LogP contribution in [0.3, 0.4) is 0 Å². The van der Waals surface area contributed by atoms with Crippen molar-refractivity contribution in [1.29, 1.82) is 0 Å². The van der Waals surface area contributed by atoms with Crippen molar-refractivity contribution < 1.29 is 80.8 Å². The maximum Gasteiger partial charge on any atom is 0.425 e. The average molecular weight is 1650 g/mol. The van der Waals surface area contributed by atoms with Crippen LogP contribution >= 0.6 is 24.4 Å². The Morgan fingerprint density at radius 3 is 1.42 bits per heavy atom. The van der Waals surface area contributed by atoms with Gasteiger partial charge in [0.1, 0.15) is 63.0 Å². The van der Waals surface area contributed by atoms with Gasteiger partial charge in [-0.25, -0.2) is 19.2 Å². The molecule has 0 saturated heterocycles. The Kier molecular flexibility index (Phi) is 26.3. The van der Waals surface area contributed by atoms with Crippen molar-refractivity contribution in [2.45, 2.75) is 109 Å². The van der Waals surface area contributed by atoms with E-state index in [-0.39, 0.29) is 75.2 Å². The van der Waals surface area contributed by atoms with Crippen LogP contribution in [0.5, 0.6) is 40.2 Å². The molecule has 0 unspecified atom stereocenters. The third-order valence-corrected chi connectivity index (χ3v) is 20.4. The van der Waals surface area contributed by atoms with Gasteiger partial charge in [-0.3, -0.25) is 9.59 Å². The number of nitrogen functional groups attached to an aromatic ring is 1. The monoisotopic (exact) mass is 1650 g/mol. The number of anilines is 3. The van der Waals surface area contributed by atoms with Crippen molar-refractivity contribution in [3.8, 4) is 62.7 Å². The van der Waals surface area contributed by atoms with E-state index in [1.807, 2.05) is 118 Å². The van der Waals surface area contributed by atoms with E-state index in [4.69, 9.17) is 61.1 Å². The molecule has 22 nitrogen and oxygen atoms in total. The van der Waals surface area contributed by atoms with E-state index in [0.717, 1.165) is 48.5 Å². The number of aromatic carboxylic acids is 3. The quantitative estimate of drug-likeness (QED) is 0.0266. The Hall–Kier alpha value is -13.4. The van der Waals surface area contributed by atoms with Crippen molar-refractivity contribution in [1.82, 2.24) is 0 Å². The lowest BCUT2D eigenvalue weighted by Gasteiger charge is -2.25. The van der Waals surface area contributed by atoms with Crippen LogP contribution in [0.25, 0.3) is 68.7 Å². The number of hydrogen-bond donors (Lipinski definition) is 9. The smallest absolute Gasteiger partial charge is 0.425 e. The Labute approximate surface area is 692 Å². The van der Waals surface area contributed by atoms with E-state index < -0.39 is 39.6 Å². The summed E-state index contributed by atoms with van der Waals surface area (Å²) in [5, 5.41) is 70.5. The van der Waals surface area contributed by atoms with Crippen LogP contribution in [0.4, 0.5) is 17.1 Å². The molecule has 10 aromatic rings. The van der Waals surface area contributed by atoms with Crippen molar-refractivity contribution in [2.75, 3.05) is 16.4 Å². The highest BCUT2D eigenvalue weighted by Crippen LogP contribution is 2.45. The molecule has 0 fully saturated rings. The number of rotatable bonds is 10. The van der Waals surface area contributed by atoms with Crippen molar-refractivity contribution >= 4 is 132 Å². The molecule has 9 aromatic carbocycles. The number of aryl methyl sites for hydroxylation is 1. The summed E-state index contributed by atoms with van der Waals surface area (Å²) in [6, 6.07) is 50.5. The second kappa shape index (κ2) is 35.0. The Balaban J connectivity index is 0.000000178. The maximum atomic E-state index is 12.2. The number of aromatic hydroxyl groups is 3. The van der Waals surface area contributed by atoms with E-state index in [1.54, 1.807) is 103 Å². The highest BCUT2D eigenvalue weighted by atomic mass is 32.2. The van der Waals surface area contributed by atoms with Crippen molar-refractivity contribution in [3.05, 3.63) is 279 Å². The van der Waals surface area contributed by atoms with Gasteiger partial charge in [0, 0.05) is 130 Å². The molecule has 25 heteroatoms. The number of Topliss-reactive ketones (excluding diaryl/α,β-unsaturated/α-hetero) is 1. The van der Waals surface area contributed by atoms with Gasteiger partial charge in [0.25, 0.3) is 0 Å². The molecule has 0 spiro atoms. The summed E-state index contributed by atoms with van der Waals surface area (Å²) in [7, 11) is -3.11. The number of phenols is 3. The van der Waals surface area contributed by atoms with Crippen LogP contribution in [0.2, 0.25) is 0 Å². The summed E-state index contributed by atoms with van der Waals surface area (Å²) in [4.78, 5) is 73.8. The van der Waals surface area contributed by atoms with Gasteiger partial charge in [0.2, 0.25) is 0 Å². The van der Waals surface area contributed by atoms with E-state index >= 15 is 0 Å². The summed E-state index contributed by atoms with van der Waals surface area (Å²) in [6.07, 6.45) is 0.0952. The zero-order chi connectivity index (χ0) is 86.0. The first kappa shape index (κ1) is 88.6. The van der Waals surface area contributed by atoms with Gasteiger partial charge in [-0.2, -0.15) is 0 Å². The number of ketones is 1. The van der Waals surface area contributed by atoms with E-state index in [1.165, 1.54) is 30.3 Å². The second-order valence-corrected chi connectivity index (χ2v) is 33.2. The lowest BCUT2D eigenvalue weighted by Crippen LogP contribution is -2.26. The first-order chi connectivity index (χ1) is 54.7. The summed E-state index contributed by atoms with van der Waals surface area (Å²) < 4.78 is 48.5. The molecule has 0 saturated carbocycles. The van der Waals surface area contributed by atoms with Crippen LogP contribution in [0.1, 0.15) is 161 Å². The number of hydrogen-bond acceptors (Lipinski definition) is 19. The lowest BCUT2D eigenvalue weighted by molar-refractivity contribution is -0.125. The van der Waals surface area contributed by atoms with Crippen molar-refractivity contribution in [2.24, 2.45) is 16.2 Å². The van der Waals surface area contributed by atoms with Crippen LogP contribution in [0, 0.1) is 23.2 Å². The minimum Gasteiger partial charge on any atom is -0.508 e. The predicted molar refractivity (Wildman–Crippen MR) is 468 cm³/mol. The minimum atomic E-state index is -3.11. The highest BCUT2D eigenvalue weighted by molar-refractivity contribution is 7.81. The zero-order valence-corrected chi connectivity index (χ0v) is 68.7.